The van der Waals surface area contributed by atoms with Crippen molar-refractivity contribution in [3.8, 4) is 44.5 Å². The summed E-state index contributed by atoms with van der Waals surface area (Å²) in [5, 5.41) is 0. The molecule has 0 saturated heterocycles. The van der Waals surface area contributed by atoms with Crippen molar-refractivity contribution in [1.82, 2.24) is 0 Å². The Bertz CT molecular complexity index is 2710. The van der Waals surface area contributed by atoms with Gasteiger partial charge in [0.1, 0.15) is 0 Å². The zero-order valence-corrected chi connectivity index (χ0v) is 29.8. The summed E-state index contributed by atoms with van der Waals surface area (Å²) in [6, 6.07) is 70.2. The van der Waals surface area contributed by atoms with Crippen molar-refractivity contribution in [1.29, 1.82) is 0 Å². The summed E-state index contributed by atoms with van der Waals surface area (Å²) in [4.78, 5) is 2.57. The number of para-hydroxylation sites is 1. The van der Waals surface area contributed by atoms with E-state index in [4.69, 9.17) is 0 Å². The van der Waals surface area contributed by atoms with Gasteiger partial charge in [0.2, 0.25) is 0 Å². The SMILES string of the molecule is CC1(C)c2ccccc2-c2ccc(N(c3ccccc3-c3ccccc3)c3cccc4c3C3(c5ccccc5-c5ccccc53)c3ccccc3-4)cc21. The molecular formula is C52H37N. The third-order valence-electron chi connectivity index (χ3n) is 12.3. The summed E-state index contributed by atoms with van der Waals surface area (Å²) in [5.41, 5.74) is 21.3. The Balaban J connectivity index is 1.26. The molecule has 8 aromatic carbocycles. The fourth-order valence-electron chi connectivity index (χ4n) is 10.1. The summed E-state index contributed by atoms with van der Waals surface area (Å²) in [5.74, 6) is 0. The van der Waals surface area contributed by atoms with E-state index in [0.29, 0.717) is 0 Å². The van der Waals surface area contributed by atoms with Crippen molar-refractivity contribution in [3.63, 3.8) is 0 Å². The number of nitrogens with zero attached hydrogens (tertiary/aromatic N) is 1. The number of fused-ring (bicyclic) bond motifs is 13. The van der Waals surface area contributed by atoms with Crippen LogP contribution in [-0.4, -0.2) is 0 Å². The van der Waals surface area contributed by atoms with E-state index in [9.17, 15) is 0 Å². The van der Waals surface area contributed by atoms with Crippen LogP contribution in [0.2, 0.25) is 0 Å². The van der Waals surface area contributed by atoms with Crippen molar-refractivity contribution in [2.75, 3.05) is 4.90 Å². The van der Waals surface area contributed by atoms with Crippen LogP contribution in [0, 0.1) is 0 Å². The number of benzene rings is 8. The van der Waals surface area contributed by atoms with Gasteiger partial charge in [0, 0.05) is 22.2 Å². The first-order valence-corrected chi connectivity index (χ1v) is 18.7. The third-order valence-corrected chi connectivity index (χ3v) is 12.3. The smallest absolute Gasteiger partial charge is 0.0746 e. The summed E-state index contributed by atoms with van der Waals surface area (Å²) in [7, 11) is 0. The molecule has 0 N–H and O–H groups in total. The summed E-state index contributed by atoms with van der Waals surface area (Å²) < 4.78 is 0. The second kappa shape index (κ2) is 11.0. The lowest BCUT2D eigenvalue weighted by atomic mass is 9.70. The minimum Gasteiger partial charge on any atom is -0.310 e. The normalized spacial score (nSPS) is 14.5. The molecule has 0 bridgehead atoms. The minimum atomic E-state index is -0.484. The molecule has 1 spiro atoms. The Labute approximate surface area is 311 Å². The van der Waals surface area contributed by atoms with Crippen molar-refractivity contribution >= 4 is 17.1 Å². The molecule has 0 fully saturated rings. The highest BCUT2D eigenvalue weighted by Crippen LogP contribution is 2.65. The Morgan fingerprint density at radius 1 is 0.340 bits per heavy atom. The van der Waals surface area contributed by atoms with Crippen LogP contribution in [0.5, 0.6) is 0 Å². The quantitative estimate of drug-likeness (QED) is 0.179. The van der Waals surface area contributed by atoms with E-state index in [0.717, 1.165) is 11.4 Å². The maximum absolute atomic E-state index is 2.57. The van der Waals surface area contributed by atoms with Gasteiger partial charge in [-0.1, -0.05) is 178 Å². The Kier molecular flexibility index (Phi) is 6.29. The van der Waals surface area contributed by atoms with E-state index in [1.54, 1.807) is 0 Å². The van der Waals surface area contributed by atoms with E-state index < -0.39 is 5.41 Å². The molecule has 1 nitrogen and oxygen atoms in total. The lowest BCUT2D eigenvalue weighted by Gasteiger charge is -2.36. The molecule has 1 heteroatoms. The van der Waals surface area contributed by atoms with Gasteiger partial charge < -0.3 is 4.90 Å². The molecule has 250 valence electrons. The lowest BCUT2D eigenvalue weighted by Crippen LogP contribution is -2.28. The molecule has 0 heterocycles. The maximum atomic E-state index is 2.57. The molecule has 11 rings (SSSR count). The van der Waals surface area contributed by atoms with Crippen molar-refractivity contribution in [2.45, 2.75) is 24.7 Å². The van der Waals surface area contributed by atoms with E-state index in [1.165, 1.54) is 83.6 Å². The van der Waals surface area contributed by atoms with Gasteiger partial charge >= 0.3 is 0 Å². The predicted molar refractivity (Wildman–Crippen MR) is 220 cm³/mol. The molecule has 3 aliphatic rings. The van der Waals surface area contributed by atoms with Gasteiger partial charge in [-0.05, 0) is 91.0 Å². The van der Waals surface area contributed by atoms with E-state index in [2.05, 4.69) is 207 Å². The third kappa shape index (κ3) is 3.97. The van der Waals surface area contributed by atoms with Crippen LogP contribution in [0.15, 0.2) is 188 Å². The average Bonchev–Trinajstić information content (AvgIpc) is 3.78. The predicted octanol–water partition coefficient (Wildman–Crippen LogP) is 13.5. The van der Waals surface area contributed by atoms with Crippen molar-refractivity contribution < 1.29 is 0 Å². The average molecular weight is 676 g/mol. The van der Waals surface area contributed by atoms with Gasteiger partial charge in [0.25, 0.3) is 0 Å². The van der Waals surface area contributed by atoms with Crippen LogP contribution in [0.4, 0.5) is 17.1 Å². The number of rotatable bonds is 4. The molecule has 0 radical (unpaired) electrons. The van der Waals surface area contributed by atoms with E-state index in [1.807, 2.05) is 0 Å². The molecular weight excluding hydrogens is 639 g/mol. The number of hydrogen-bond donors (Lipinski definition) is 0. The zero-order chi connectivity index (χ0) is 35.3. The Morgan fingerprint density at radius 3 is 1.43 bits per heavy atom. The first-order valence-electron chi connectivity index (χ1n) is 18.7. The zero-order valence-electron chi connectivity index (χ0n) is 29.8. The standard InChI is InChI=1S/C52H37N/c1-51(2)43-25-11-6-20-37(43)41-32-31-35(33-47(41)51)53(48-29-15-10-19-36(48)34-17-4-3-5-18-34)49-30-16-24-42-40-23-9-14-28-46(40)52(50(42)49)44-26-12-7-21-38(44)39-22-8-13-27-45(39)52/h3-33H,1-2H3. The Hall–Kier alpha value is -6.44. The first kappa shape index (κ1) is 30.2. The monoisotopic (exact) mass is 675 g/mol. The Morgan fingerprint density at radius 2 is 0.792 bits per heavy atom. The van der Waals surface area contributed by atoms with Crippen molar-refractivity contribution in [2.24, 2.45) is 0 Å². The van der Waals surface area contributed by atoms with Crippen LogP contribution >= 0.6 is 0 Å². The molecule has 8 aromatic rings. The van der Waals surface area contributed by atoms with Crippen LogP contribution in [0.25, 0.3) is 44.5 Å². The molecule has 0 aromatic heterocycles. The first-order chi connectivity index (χ1) is 26.1. The van der Waals surface area contributed by atoms with Gasteiger partial charge in [-0.2, -0.15) is 0 Å². The van der Waals surface area contributed by atoms with Gasteiger partial charge in [0.05, 0.1) is 16.8 Å². The molecule has 3 aliphatic carbocycles. The fourth-order valence-corrected chi connectivity index (χ4v) is 10.1. The molecule has 0 aliphatic heterocycles. The second-order valence-corrected chi connectivity index (χ2v) is 15.2. The van der Waals surface area contributed by atoms with E-state index >= 15 is 0 Å². The van der Waals surface area contributed by atoms with Gasteiger partial charge in [-0.25, -0.2) is 0 Å². The maximum Gasteiger partial charge on any atom is 0.0746 e. The minimum absolute atomic E-state index is 0.133. The van der Waals surface area contributed by atoms with Crippen LogP contribution in [0.1, 0.15) is 47.2 Å². The van der Waals surface area contributed by atoms with Gasteiger partial charge in [-0.15, -0.1) is 0 Å². The summed E-state index contributed by atoms with van der Waals surface area (Å²) in [6.45, 7) is 4.75. The number of anilines is 3. The number of hydrogen-bond acceptors (Lipinski definition) is 1. The molecule has 0 saturated carbocycles. The molecule has 0 atom stereocenters. The molecule has 0 unspecified atom stereocenters. The van der Waals surface area contributed by atoms with Crippen LogP contribution in [0.3, 0.4) is 0 Å². The van der Waals surface area contributed by atoms with Crippen LogP contribution < -0.4 is 4.90 Å². The summed E-state index contributed by atoms with van der Waals surface area (Å²) in [6.07, 6.45) is 0. The van der Waals surface area contributed by atoms with Gasteiger partial charge in [-0.3, -0.25) is 0 Å². The van der Waals surface area contributed by atoms with Crippen LogP contribution in [-0.2, 0) is 10.8 Å². The lowest BCUT2D eigenvalue weighted by molar-refractivity contribution is 0.660. The molecule has 0 amide bonds. The van der Waals surface area contributed by atoms with Gasteiger partial charge in [0.15, 0.2) is 0 Å². The summed E-state index contributed by atoms with van der Waals surface area (Å²) >= 11 is 0. The molecule has 53 heavy (non-hydrogen) atoms. The second-order valence-electron chi connectivity index (χ2n) is 15.2. The topological polar surface area (TPSA) is 3.24 Å². The highest BCUT2D eigenvalue weighted by Gasteiger charge is 2.53. The fraction of sp³-hybridized carbons (Fsp3) is 0.0769. The largest absolute Gasteiger partial charge is 0.310 e. The van der Waals surface area contributed by atoms with E-state index in [-0.39, 0.29) is 5.41 Å². The van der Waals surface area contributed by atoms with Crippen molar-refractivity contribution in [3.05, 3.63) is 221 Å². The highest BCUT2D eigenvalue weighted by molar-refractivity contribution is 6.01. The highest BCUT2D eigenvalue weighted by atomic mass is 15.1.